The number of amides is 2. The number of benzene rings is 3. The highest BCUT2D eigenvalue weighted by atomic mass is 16.5. The Bertz CT molecular complexity index is 2060. The Morgan fingerprint density at radius 3 is 2.37 bits per heavy atom. The molecule has 0 unspecified atom stereocenters. The molecule has 6 rings (SSSR count). The number of nitrogens with zero attached hydrogens (tertiary/aromatic N) is 6. The Morgan fingerprint density at radius 1 is 1.04 bits per heavy atom. The lowest BCUT2D eigenvalue weighted by atomic mass is 9.93. The van der Waals surface area contributed by atoms with Gasteiger partial charge in [-0.1, -0.05) is 48.5 Å². The number of ether oxygens (including phenoxy) is 1. The zero-order valence-corrected chi connectivity index (χ0v) is 30.7. The molecule has 274 valence electrons. The van der Waals surface area contributed by atoms with E-state index in [4.69, 9.17) is 9.72 Å². The molecule has 2 atom stereocenters. The summed E-state index contributed by atoms with van der Waals surface area (Å²) in [5.41, 5.74) is 4.65. The number of nitrogens with one attached hydrogen (secondary N) is 1. The number of fused-ring (bicyclic) bond motifs is 1. The number of imidazole rings is 1. The summed E-state index contributed by atoms with van der Waals surface area (Å²) < 4.78 is 9.12. The fourth-order valence-corrected chi connectivity index (χ4v) is 7.59. The molecule has 12 heteroatoms. The molecule has 1 aliphatic rings. The number of rotatable bonds is 12. The molecule has 52 heavy (non-hydrogen) atoms. The Morgan fingerprint density at radius 2 is 1.73 bits per heavy atom. The van der Waals surface area contributed by atoms with Gasteiger partial charge < -0.3 is 19.3 Å². The lowest BCUT2D eigenvalue weighted by molar-refractivity contribution is -0.134. The van der Waals surface area contributed by atoms with Crippen molar-refractivity contribution in [1.29, 1.82) is 0 Å². The quantitative estimate of drug-likeness (QED) is 0.143. The molecular formula is C40H49N7O5. The summed E-state index contributed by atoms with van der Waals surface area (Å²) >= 11 is 0. The van der Waals surface area contributed by atoms with Gasteiger partial charge in [-0.3, -0.25) is 9.69 Å². The van der Waals surface area contributed by atoms with Gasteiger partial charge in [0.15, 0.2) is 0 Å². The first-order valence-corrected chi connectivity index (χ1v) is 18.0. The van der Waals surface area contributed by atoms with Gasteiger partial charge in [-0.15, -0.1) is 0 Å². The summed E-state index contributed by atoms with van der Waals surface area (Å²) in [5, 5.41) is 16.9. The summed E-state index contributed by atoms with van der Waals surface area (Å²) in [6, 6.07) is 23.3. The molecule has 1 aliphatic heterocycles. The molecule has 1 fully saturated rings. The number of aryl methyl sites for hydroxylation is 2. The minimum Gasteiger partial charge on any atom is -0.465 e. The zero-order valence-electron chi connectivity index (χ0n) is 30.7. The van der Waals surface area contributed by atoms with Crippen molar-refractivity contribution >= 4 is 23.0 Å². The number of methoxy groups -OCH3 is 1. The fraction of sp³-hybridized carbons (Fsp3) is 0.425. The highest BCUT2D eigenvalue weighted by molar-refractivity contribution is 5.79. The van der Waals surface area contributed by atoms with Crippen molar-refractivity contribution in [2.24, 2.45) is 0 Å². The number of likely N-dealkylation sites (tertiary alicyclic amines) is 1. The van der Waals surface area contributed by atoms with E-state index in [9.17, 15) is 19.5 Å². The largest absolute Gasteiger partial charge is 0.465 e. The van der Waals surface area contributed by atoms with Crippen LogP contribution in [0.25, 0.3) is 27.8 Å². The van der Waals surface area contributed by atoms with Gasteiger partial charge in [-0.25, -0.2) is 24.2 Å². The summed E-state index contributed by atoms with van der Waals surface area (Å²) in [4.78, 5) is 47.4. The number of carbonyl (C=O) groups is 2. The van der Waals surface area contributed by atoms with Gasteiger partial charge in [0.2, 0.25) is 5.91 Å². The molecule has 5 aromatic rings. The van der Waals surface area contributed by atoms with Gasteiger partial charge in [0.25, 0.3) is 0 Å². The van der Waals surface area contributed by atoms with E-state index in [-0.39, 0.29) is 23.9 Å². The molecule has 0 bridgehead atoms. The van der Waals surface area contributed by atoms with E-state index in [0.29, 0.717) is 31.9 Å². The van der Waals surface area contributed by atoms with E-state index in [2.05, 4.69) is 20.8 Å². The molecule has 3 heterocycles. The third-order valence-corrected chi connectivity index (χ3v) is 9.98. The number of aromatic nitrogens is 5. The smallest absolute Gasteiger partial charge is 0.408 e. The van der Waals surface area contributed by atoms with Crippen LogP contribution in [0.15, 0.2) is 77.6 Å². The van der Waals surface area contributed by atoms with Gasteiger partial charge in [-0.2, -0.15) is 5.10 Å². The van der Waals surface area contributed by atoms with E-state index < -0.39 is 17.7 Å². The van der Waals surface area contributed by atoms with E-state index in [1.807, 2.05) is 92.4 Å². The molecule has 0 radical (unpaired) electrons. The SMILES string of the molecule is COCCCn1c([C@@H]2CCCN(C(=O)C[C@@H](Cc3ccc(-c4ccc(-n5c(C)n[nH]c5=O)cc4)cc3)N(C(=O)O)C(C)(C)C)C2)nc2ccccc21. The monoisotopic (exact) mass is 707 g/mol. The minimum atomic E-state index is -1.05. The first kappa shape index (κ1) is 36.6. The van der Waals surface area contributed by atoms with Crippen LogP contribution in [0, 0.1) is 6.92 Å². The third-order valence-electron chi connectivity index (χ3n) is 9.98. The maximum absolute atomic E-state index is 14.1. The zero-order chi connectivity index (χ0) is 37.0. The van der Waals surface area contributed by atoms with Crippen molar-refractivity contribution in [2.75, 3.05) is 26.8 Å². The number of para-hydroxylation sites is 2. The van der Waals surface area contributed by atoms with Crippen LogP contribution in [-0.2, 0) is 22.5 Å². The number of carboxylic acid groups (broad SMARTS) is 1. The van der Waals surface area contributed by atoms with Gasteiger partial charge in [0.05, 0.1) is 16.7 Å². The molecule has 1 saturated heterocycles. The number of aromatic amines is 1. The lowest BCUT2D eigenvalue weighted by Crippen LogP contribution is -2.54. The van der Waals surface area contributed by atoms with E-state index in [1.54, 1.807) is 14.0 Å². The number of hydrogen-bond donors (Lipinski definition) is 2. The molecule has 12 nitrogen and oxygen atoms in total. The average molecular weight is 708 g/mol. The van der Waals surface area contributed by atoms with E-state index in [1.165, 1.54) is 9.47 Å². The Labute approximate surface area is 304 Å². The number of H-pyrrole nitrogens is 1. The van der Waals surface area contributed by atoms with Gasteiger partial charge in [0, 0.05) is 57.3 Å². The van der Waals surface area contributed by atoms with Crippen LogP contribution < -0.4 is 5.69 Å². The van der Waals surface area contributed by atoms with Crippen LogP contribution in [0.2, 0.25) is 0 Å². The van der Waals surface area contributed by atoms with Crippen molar-refractivity contribution in [3.8, 4) is 16.8 Å². The Balaban J connectivity index is 1.20. The first-order valence-electron chi connectivity index (χ1n) is 18.0. The molecule has 0 saturated carbocycles. The van der Waals surface area contributed by atoms with Gasteiger partial charge in [0.1, 0.15) is 11.6 Å². The van der Waals surface area contributed by atoms with Crippen molar-refractivity contribution < 1.29 is 19.4 Å². The van der Waals surface area contributed by atoms with Crippen molar-refractivity contribution in [2.45, 2.75) is 83.8 Å². The summed E-state index contributed by atoms with van der Waals surface area (Å²) in [5.74, 6) is 1.61. The molecule has 0 aliphatic carbocycles. The van der Waals surface area contributed by atoms with Crippen LogP contribution >= 0.6 is 0 Å². The molecule has 3 aromatic carbocycles. The Hall–Kier alpha value is -5.23. The molecular weight excluding hydrogens is 658 g/mol. The topological polar surface area (TPSA) is 139 Å². The summed E-state index contributed by atoms with van der Waals surface area (Å²) in [6.45, 7) is 10.00. The number of hydrogen-bond acceptors (Lipinski definition) is 6. The Kier molecular flexibility index (Phi) is 10.9. The average Bonchev–Trinajstić information content (AvgIpc) is 3.66. The predicted molar refractivity (Wildman–Crippen MR) is 201 cm³/mol. The maximum atomic E-state index is 14.1. The second-order valence-electron chi connectivity index (χ2n) is 14.7. The minimum absolute atomic E-state index is 0.0454. The molecule has 2 N–H and O–H groups in total. The van der Waals surface area contributed by atoms with Crippen LogP contribution in [0.1, 0.15) is 69.6 Å². The maximum Gasteiger partial charge on any atom is 0.408 e. The van der Waals surface area contributed by atoms with E-state index in [0.717, 1.165) is 65.0 Å². The number of piperidine rings is 1. The molecule has 2 amide bonds. The van der Waals surface area contributed by atoms with Crippen LogP contribution in [0.3, 0.4) is 0 Å². The second-order valence-corrected chi connectivity index (χ2v) is 14.7. The third kappa shape index (κ3) is 7.97. The summed E-state index contributed by atoms with van der Waals surface area (Å²) in [6.07, 6.45) is 2.07. The fourth-order valence-electron chi connectivity index (χ4n) is 7.59. The van der Waals surface area contributed by atoms with Crippen molar-refractivity contribution in [3.63, 3.8) is 0 Å². The highest BCUT2D eigenvalue weighted by Crippen LogP contribution is 2.31. The van der Waals surface area contributed by atoms with Crippen molar-refractivity contribution in [3.05, 3.63) is 100 Å². The molecule has 2 aromatic heterocycles. The normalized spacial score (nSPS) is 15.6. The van der Waals surface area contributed by atoms with Gasteiger partial charge in [-0.05, 0) is 94.3 Å². The second kappa shape index (κ2) is 15.6. The van der Waals surface area contributed by atoms with E-state index >= 15 is 0 Å². The van der Waals surface area contributed by atoms with Crippen LogP contribution in [0.4, 0.5) is 4.79 Å². The molecule has 0 spiro atoms. The lowest BCUT2D eigenvalue weighted by Gasteiger charge is -2.41. The van der Waals surface area contributed by atoms with Crippen LogP contribution in [-0.4, -0.2) is 89.6 Å². The van der Waals surface area contributed by atoms with Crippen molar-refractivity contribution in [1.82, 2.24) is 34.1 Å². The van der Waals surface area contributed by atoms with Gasteiger partial charge >= 0.3 is 11.8 Å². The van der Waals surface area contributed by atoms with Crippen LogP contribution in [0.5, 0.6) is 0 Å². The number of carbonyl (C=O) groups excluding carboxylic acids is 1. The first-order chi connectivity index (χ1) is 24.9. The standard InChI is InChI=1S/C40H49N7O5/c1-27-42-43-38(49)46(27)32-19-17-30(18-20-32)29-15-13-28(14-16-29)24-33(47(39(50)51)40(2,3)4)25-36(48)44-21-8-10-31(26-44)37-41-34-11-6-7-12-35(34)45(37)22-9-23-52-5/h6-7,11-20,31,33H,8-10,21-26H2,1-5H3,(H,43,49)(H,50,51)/t31-,33-/m1/s1. The summed E-state index contributed by atoms with van der Waals surface area (Å²) in [7, 11) is 1.71. The highest BCUT2D eigenvalue weighted by Gasteiger charge is 2.37. The predicted octanol–water partition coefficient (Wildman–Crippen LogP) is 6.41.